The molecule has 1 unspecified atom stereocenters. The van der Waals surface area contributed by atoms with Gasteiger partial charge >= 0.3 is 0 Å². The molecule has 0 aliphatic carbocycles. The second kappa shape index (κ2) is 8.11. The maximum absolute atomic E-state index is 5.75. The maximum Gasteiger partial charge on any atom is 0.0705 e. The Hall–Kier alpha value is -1.45. The second-order valence-electron chi connectivity index (χ2n) is 5.49. The molecule has 3 heteroatoms. The van der Waals surface area contributed by atoms with Crippen molar-refractivity contribution in [2.24, 2.45) is 0 Å². The molecule has 0 amide bonds. The van der Waals surface area contributed by atoms with E-state index in [1.54, 1.807) is 0 Å². The largest absolute Gasteiger partial charge is 0.379 e. The van der Waals surface area contributed by atoms with Gasteiger partial charge < -0.3 is 10.1 Å². The number of nitrogens with one attached hydrogen (secondary N) is 1. The van der Waals surface area contributed by atoms with Crippen molar-refractivity contribution < 1.29 is 4.74 Å². The standard InChI is InChI=1S/C18H26N2O/c1-4-10-19-18(13-21-11-5-2)16-8-9-17-15(12-16)7-6-14(3)20-17/h6-9,12,18-19H,4-5,10-11,13H2,1-3H3. The van der Waals surface area contributed by atoms with Gasteiger partial charge in [0.1, 0.15) is 0 Å². The summed E-state index contributed by atoms with van der Waals surface area (Å²) in [4.78, 5) is 4.56. The zero-order chi connectivity index (χ0) is 15.1. The number of pyridine rings is 1. The molecule has 114 valence electrons. The van der Waals surface area contributed by atoms with Crippen LogP contribution >= 0.6 is 0 Å². The zero-order valence-corrected chi connectivity index (χ0v) is 13.4. The van der Waals surface area contributed by atoms with Crippen molar-refractivity contribution >= 4 is 10.9 Å². The van der Waals surface area contributed by atoms with E-state index in [1.807, 2.05) is 6.92 Å². The number of fused-ring (bicyclic) bond motifs is 1. The first-order valence-electron chi connectivity index (χ1n) is 7.93. The summed E-state index contributed by atoms with van der Waals surface area (Å²) in [6, 6.07) is 11.0. The third kappa shape index (κ3) is 4.51. The summed E-state index contributed by atoms with van der Waals surface area (Å²) in [6.07, 6.45) is 2.18. The molecule has 21 heavy (non-hydrogen) atoms. The topological polar surface area (TPSA) is 34.1 Å². The van der Waals surface area contributed by atoms with Gasteiger partial charge in [0.15, 0.2) is 0 Å². The van der Waals surface area contributed by atoms with E-state index in [0.717, 1.165) is 43.8 Å². The Bertz CT molecular complexity index is 568. The Labute approximate surface area is 127 Å². The van der Waals surface area contributed by atoms with Crippen LogP contribution in [-0.4, -0.2) is 24.7 Å². The third-order valence-corrected chi connectivity index (χ3v) is 3.53. The van der Waals surface area contributed by atoms with E-state index in [0.29, 0.717) is 0 Å². The highest BCUT2D eigenvalue weighted by Gasteiger charge is 2.11. The monoisotopic (exact) mass is 286 g/mol. The van der Waals surface area contributed by atoms with Gasteiger partial charge in [-0.1, -0.05) is 26.0 Å². The molecule has 1 aromatic heterocycles. The van der Waals surface area contributed by atoms with Crippen LogP contribution in [-0.2, 0) is 4.74 Å². The van der Waals surface area contributed by atoms with Gasteiger partial charge in [-0.15, -0.1) is 0 Å². The maximum atomic E-state index is 5.75. The van der Waals surface area contributed by atoms with E-state index in [9.17, 15) is 0 Å². The van der Waals surface area contributed by atoms with Gasteiger partial charge in [0.2, 0.25) is 0 Å². The average Bonchev–Trinajstić information content (AvgIpc) is 2.50. The van der Waals surface area contributed by atoms with E-state index in [4.69, 9.17) is 4.74 Å². The summed E-state index contributed by atoms with van der Waals surface area (Å²) in [5.74, 6) is 0. The first-order valence-corrected chi connectivity index (χ1v) is 7.93. The summed E-state index contributed by atoms with van der Waals surface area (Å²) >= 11 is 0. The fraction of sp³-hybridized carbons (Fsp3) is 0.500. The van der Waals surface area contributed by atoms with Gasteiger partial charge in [-0.05, 0) is 50.1 Å². The van der Waals surface area contributed by atoms with Crippen LogP contribution in [0.2, 0.25) is 0 Å². The molecular formula is C18H26N2O. The van der Waals surface area contributed by atoms with E-state index in [-0.39, 0.29) is 6.04 Å². The number of benzene rings is 1. The summed E-state index contributed by atoms with van der Waals surface area (Å²) < 4.78 is 5.75. The lowest BCUT2D eigenvalue weighted by molar-refractivity contribution is 0.112. The predicted molar refractivity (Wildman–Crippen MR) is 88.6 cm³/mol. The molecule has 0 spiro atoms. The molecule has 0 radical (unpaired) electrons. The summed E-state index contributed by atoms with van der Waals surface area (Å²) in [5, 5.41) is 4.77. The molecule has 0 saturated heterocycles. The molecule has 0 saturated carbocycles. The fourth-order valence-corrected chi connectivity index (χ4v) is 2.40. The van der Waals surface area contributed by atoms with E-state index < -0.39 is 0 Å². The van der Waals surface area contributed by atoms with Crippen LogP contribution in [0.3, 0.4) is 0 Å². The Morgan fingerprint density at radius 3 is 2.76 bits per heavy atom. The Balaban J connectivity index is 2.19. The molecule has 0 aliphatic heterocycles. The number of aromatic nitrogens is 1. The third-order valence-electron chi connectivity index (χ3n) is 3.53. The minimum atomic E-state index is 0.252. The first-order chi connectivity index (χ1) is 10.2. The normalized spacial score (nSPS) is 12.7. The van der Waals surface area contributed by atoms with Crippen molar-refractivity contribution in [3.63, 3.8) is 0 Å². The molecule has 1 aromatic carbocycles. The van der Waals surface area contributed by atoms with E-state index >= 15 is 0 Å². The molecule has 3 nitrogen and oxygen atoms in total. The molecule has 0 fully saturated rings. The molecular weight excluding hydrogens is 260 g/mol. The van der Waals surface area contributed by atoms with Crippen LogP contribution < -0.4 is 5.32 Å². The minimum absolute atomic E-state index is 0.252. The highest BCUT2D eigenvalue weighted by atomic mass is 16.5. The van der Waals surface area contributed by atoms with E-state index in [2.05, 4.69) is 54.5 Å². The van der Waals surface area contributed by atoms with Crippen LogP contribution in [0, 0.1) is 6.92 Å². The molecule has 2 aromatic rings. The number of hydrogen-bond acceptors (Lipinski definition) is 3. The Kier molecular flexibility index (Phi) is 6.15. The Morgan fingerprint density at radius 2 is 2.00 bits per heavy atom. The van der Waals surface area contributed by atoms with Gasteiger partial charge in [0.25, 0.3) is 0 Å². The van der Waals surface area contributed by atoms with Crippen LogP contribution in [0.25, 0.3) is 10.9 Å². The van der Waals surface area contributed by atoms with Crippen molar-refractivity contribution in [2.75, 3.05) is 19.8 Å². The molecule has 1 heterocycles. The number of ether oxygens (including phenoxy) is 1. The van der Waals surface area contributed by atoms with E-state index in [1.165, 1.54) is 10.9 Å². The van der Waals surface area contributed by atoms with Crippen molar-refractivity contribution in [3.8, 4) is 0 Å². The summed E-state index contributed by atoms with van der Waals surface area (Å²) in [7, 11) is 0. The number of rotatable bonds is 8. The molecule has 0 aliphatic rings. The predicted octanol–water partition coefficient (Wildman–Crippen LogP) is 4.01. The second-order valence-corrected chi connectivity index (χ2v) is 5.49. The van der Waals surface area contributed by atoms with Crippen LogP contribution in [0.15, 0.2) is 30.3 Å². The lowest BCUT2D eigenvalue weighted by Crippen LogP contribution is -2.26. The first kappa shape index (κ1) is 15.9. The molecule has 1 N–H and O–H groups in total. The van der Waals surface area contributed by atoms with Gasteiger partial charge in [-0.2, -0.15) is 0 Å². The van der Waals surface area contributed by atoms with Crippen molar-refractivity contribution in [1.29, 1.82) is 0 Å². The number of nitrogens with zero attached hydrogens (tertiary/aromatic N) is 1. The number of aryl methyl sites for hydroxylation is 1. The number of hydrogen-bond donors (Lipinski definition) is 1. The minimum Gasteiger partial charge on any atom is -0.379 e. The molecule has 0 bridgehead atoms. The van der Waals surface area contributed by atoms with Crippen molar-refractivity contribution in [2.45, 2.75) is 39.7 Å². The molecule has 1 atom stereocenters. The fourth-order valence-electron chi connectivity index (χ4n) is 2.40. The SMILES string of the molecule is CCCNC(COCCC)c1ccc2nc(C)ccc2c1. The van der Waals surface area contributed by atoms with Gasteiger partial charge in [-0.3, -0.25) is 4.98 Å². The van der Waals surface area contributed by atoms with Crippen molar-refractivity contribution in [3.05, 3.63) is 41.6 Å². The Morgan fingerprint density at radius 1 is 1.14 bits per heavy atom. The van der Waals surface area contributed by atoms with Crippen LogP contribution in [0.5, 0.6) is 0 Å². The van der Waals surface area contributed by atoms with Crippen LogP contribution in [0.4, 0.5) is 0 Å². The van der Waals surface area contributed by atoms with Gasteiger partial charge in [0, 0.05) is 17.7 Å². The zero-order valence-electron chi connectivity index (χ0n) is 13.4. The van der Waals surface area contributed by atoms with Crippen molar-refractivity contribution in [1.82, 2.24) is 10.3 Å². The highest BCUT2D eigenvalue weighted by Crippen LogP contribution is 2.20. The summed E-state index contributed by atoms with van der Waals surface area (Å²) in [5.41, 5.74) is 3.39. The quantitative estimate of drug-likeness (QED) is 0.744. The highest BCUT2D eigenvalue weighted by molar-refractivity contribution is 5.79. The lowest BCUT2D eigenvalue weighted by atomic mass is 10.0. The smallest absolute Gasteiger partial charge is 0.0705 e. The van der Waals surface area contributed by atoms with Crippen LogP contribution in [0.1, 0.15) is 44.0 Å². The van der Waals surface area contributed by atoms with Gasteiger partial charge in [0.05, 0.1) is 18.2 Å². The average molecular weight is 286 g/mol. The lowest BCUT2D eigenvalue weighted by Gasteiger charge is -2.19. The summed E-state index contributed by atoms with van der Waals surface area (Å²) in [6.45, 7) is 8.89. The molecule has 2 rings (SSSR count). The van der Waals surface area contributed by atoms with Gasteiger partial charge in [-0.25, -0.2) is 0 Å².